The van der Waals surface area contributed by atoms with Crippen LogP contribution in [0.2, 0.25) is 0 Å². The van der Waals surface area contributed by atoms with Crippen molar-refractivity contribution in [3.63, 3.8) is 0 Å². The van der Waals surface area contributed by atoms with Crippen LogP contribution >= 0.6 is 0 Å². The molecule has 0 amide bonds. The van der Waals surface area contributed by atoms with Gasteiger partial charge in [-0.15, -0.1) is 0 Å². The van der Waals surface area contributed by atoms with E-state index in [0.717, 1.165) is 12.1 Å². The monoisotopic (exact) mass is 189 g/mol. The van der Waals surface area contributed by atoms with E-state index in [4.69, 9.17) is 5.26 Å². The maximum absolute atomic E-state index is 8.60. The van der Waals surface area contributed by atoms with Gasteiger partial charge in [-0.05, 0) is 25.5 Å². The minimum absolute atomic E-state index is 0.464. The Hall–Kier alpha value is -1.56. The molecule has 0 radical (unpaired) electrons. The number of nitrogens with zero attached hydrogens (tertiary/aromatic N) is 3. The summed E-state index contributed by atoms with van der Waals surface area (Å²) in [7, 11) is 2.04. The largest absolute Gasteiger partial charge is 0.371 e. The number of aromatic nitrogens is 1. The Labute approximate surface area is 85.0 Å². The smallest absolute Gasteiger partial charge is 0.140 e. The third-order valence-corrected chi connectivity index (χ3v) is 2.52. The van der Waals surface area contributed by atoms with Crippen LogP contribution in [-0.2, 0) is 0 Å². The summed E-state index contributed by atoms with van der Waals surface area (Å²) < 4.78 is 0. The summed E-state index contributed by atoms with van der Waals surface area (Å²) in [5.41, 5.74) is 1.52. The van der Waals surface area contributed by atoms with Crippen LogP contribution in [0.1, 0.15) is 26.0 Å². The van der Waals surface area contributed by atoms with Crippen LogP contribution in [-0.4, -0.2) is 18.1 Å². The molecule has 1 unspecified atom stereocenters. The second-order valence-corrected chi connectivity index (χ2v) is 3.38. The van der Waals surface area contributed by atoms with Gasteiger partial charge < -0.3 is 4.90 Å². The van der Waals surface area contributed by atoms with Crippen LogP contribution in [0.4, 0.5) is 5.69 Å². The molecule has 3 nitrogen and oxygen atoms in total. The first kappa shape index (κ1) is 10.5. The van der Waals surface area contributed by atoms with Crippen molar-refractivity contribution in [1.82, 2.24) is 4.98 Å². The Morgan fingerprint density at radius 3 is 2.71 bits per heavy atom. The average molecular weight is 189 g/mol. The van der Waals surface area contributed by atoms with Gasteiger partial charge in [0.05, 0.1) is 11.9 Å². The molecule has 0 bridgehead atoms. The molecule has 1 atom stereocenters. The molecule has 0 aliphatic carbocycles. The zero-order valence-electron chi connectivity index (χ0n) is 8.86. The van der Waals surface area contributed by atoms with Crippen molar-refractivity contribution in [1.29, 1.82) is 5.26 Å². The molecule has 0 aliphatic rings. The van der Waals surface area contributed by atoms with Crippen LogP contribution in [0.25, 0.3) is 0 Å². The van der Waals surface area contributed by atoms with Gasteiger partial charge in [-0.1, -0.05) is 6.92 Å². The van der Waals surface area contributed by atoms with E-state index in [2.05, 4.69) is 23.7 Å². The summed E-state index contributed by atoms with van der Waals surface area (Å²) in [5, 5.41) is 8.60. The molecule has 0 aliphatic heterocycles. The number of rotatable bonds is 3. The highest BCUT2D eigenvalue weighted by Gasteiger charge is 2.07. The van der Waals surface area contributed by atoms with Gasteiger partial charge in [-0.2, -0.15) is 5.26 Å². The molecule has 0 fully saturated rings. The van der Waals surface area contributed by atoms with E-state index in [1.165, 1.54) is 0 Å². The maximum atomic E-state index is 8.60. The van der Waals surface area contributed by atoms with Gasteiger partial charge in [0.25, 0.3) is 0 Å². The van der Waals surface area contributed by atoms with E-state index < -0.39 is 0 Å². The van der Waals surface area contributed by atoms with Crippen LogP contribution in [0.5, 0.6) is 0 Å². The predicted molar refractivity (Wildman–Crippen MR) is 57.1 cm³/mol. The van der Waals surface area contributed by atoms with Crippen LogP contribution in [0.3, 0.4) is 0 Å². The van der Waals surface area contributed by atoms with E-state index >= 15 is 0 Å². The lowest BCUT2D eigenvalue weighted by Gasteiger charge is -2.25. The molecule has 1 aromatic rings. The zero-order chi connectivity index (χ0) is 10.6. The molecule has 0 spiro atoms. The fourth-order valence-corrected chi connectivity index (χ4v) is 1.19. The Bertz CT molecular complexity index is 323. The first-order chi connectivity index (χ1) is 6.69. The van der Waals surface area contributed by atoms with Gasteiger partial charge in [0.1, 0.15) is 11.8 Å². The fourth-order valence-electron chi connectivity index (χ4n) is 1.19. The molecule has 0 N–H and O–H groups in total. The number of nitriles is 1. The van der Waals surface area contributed by atoms with Gasteiger partial charge >= 0.3 is 0 Å². The van der Waals surface area contributed by atoms with Crippen LogP contribution in [0.15, 0.2) is 18.3 Å². The van der Waals surface area contributed by atoms with E-state index in [-0.39, 0.29) is 0 Å². The topological polar surface area (TPSA) is 39.9 Å². The molecule has 0 aromatic carbocycles. The first-order valence-corrected chi connectivity index (χ1v) is 4.78. The summed E-state index contributed by atoms with van der Waals surface area (Å²) >= 11 is 0. The summed E-state index contributed by atoms with van der Waals surface area (Å²) in [4.78, 5) is 6.19. The highest BCUT2D eigenvalue weighted by atomic mass is 15.1. The highest BCUT2D eigenvalue weighted by molar-refractivity contribution is 5.45. The van der Waals surface area contributed by atoms with E-state index in [1.807, 2.05) is 19.2 Å². The Kier molecular flexibility index (Phi) is 3.47. The summed E-state index contributed by atoms with van der Waals surface area (Å²) in [6, 6.07) is 6.17. The summed E-state index contributed by atoms with van der Waals surface area (Å²) in [6.07, 6.45) is 2.83. The molecule has 1 heterocycles. The average Bonchev–Trinajstić information content (AvgIpc) is 2.27. The zero-order valence-corrected chi connectivity index (χ0v) is 8.86. The highest BCUT2D eigenvalue weighted by Crippen LogP contribution is 2.15. The third-order valence-electron chi connectivity index (χ3n) is 2.52. The summed E-state index contributed by atoms with van der Waals surface area (Å²) in [6.45, 7) is 4.32. The minimum atomic E-state index is 0.464. The van der Waals surface area contributed by atoms with E-state index in [0.29, 0.717) is 11.7 Å². The molecular formula is C11H15N3. The minimum Gasteiger partial charge on any atom is -0.371 e. The van der Waals surface area contributed by atoms with Crippen molar-refractivity contribution in [2.45, 2.75) is 26.3 Å². The maximum Gasteiger partial charge on any atom is 0.140 e. The Morgan fingerprint density at radius 1 is 1.57 bits per heavy atom. The molecule has 0 saturated carbocycles. The molecule has 14 heavy (non-hydrogen) atoms. The lowest BCUT2D eigenvalue weighted by molar-refractivity contribution is 0.663. The lowest BCUT2D eigenvalue weighted by atomic mass is 10.2. The SMILES string of the molecule is CCC(C)N(C)c1ccc(C#N)nc1. The molecule has 3 heteroatoms. The van der Waals surface area contributed by atoms with Crippen LogP contribution < -0.4 is 4.90 Å². The number of hydrogen-bond acceptors (Lipinski definition) is 3. The Balaban J connectivity index is 2.82. The van der Waals surface area contributed by atoms with Gasteiger partial charge in [0.2, 0.25) is 0 Å². The van der Waals surface area contributed by atoms with Gasteiger partial charge in [0.15, 0.2) is 0 Å². The predicted octanol–water partition coefficient (Wildman–Crippen LogP) is 2.19. The fraction of sp³-hybridized carbons (Fsp3) is 0.455. The second kappa shape index (κ2) is 4.61. The lowest BCUT2D eigenvalue weighted by Crippen LogP contribution is -2.27. The van der Waals surface area contributed by atoms with Crippen LogP contribution in [0, 0.1) is 11.3 Å². The molecule has 0 saturated heterocycles. The number of pyridine rings is 1. The quantitative estimate of drug-likeness (QED) is 0.731. The van der Waals surface area contributed by atoms with Crippen molar-refractivity contribution >= 4 is 5.69 Å². The number of hydrogen-bond donors (Lipinski definition) is 0. The van der Waals surface area contributed by atoms with Gasteiger partial charge in [0, 0.05) is 13.1 Å². The van der Waals surface area contributed by atoms with E-state index in [1.54, 1.807) is 12.3 Å². The van der Waals surface area contributed by atoms with Crippen molar-refractivity contribution in [2.75, 3.05) is 11.9 Å². The van der Waals surface area contributed by atoms with Gasteiger partial charge in [-0.3, -0.25) is 0 Å². The molecule has 74 valence electrons. The standard InChI is InChI=1S/C11H15N3/c1-4-9(2)14(3)11-6-5-10(7-12)13-8-11/h5-6,8-9H,4H2,1-3H3. The van der Waals surface area contributed by atoms with Crippen molar-refractivity contribution in [3.8, 4) is 6.07 Å². The normalized spacial score (nSPS) is 11.9. The summed E-state index contributed by atoms with van der Waals surface area (Å²) in [5.74, 6) is 0. The number of anilines is 1. The Morgan fingerprint density at radius 2 is 2.29 bits per heavy atom. The van der Waals surface area contributed by atoms with Gasteiger partial charge in [-0.25, -0.2) is 4.98 Å². The van der Waals surface area contributed by atoms with Crippen molar-refractivity contribution in [3.05, 3.63) is 24.0 Å². The van der Waals surface area contributed by atoms with Crippen molar-refractivity contribution in [2.24, 2.45) is 0 Å². The molecule has 1 aromatic heterocycles. The second-order valence-electron chi connectivity index (χ2n) is 3.38. The molecular weight excluding hydrogens is 174 g/mol. The first-order valence-electron chi connectivity index (χ1n) is 4.78. The van der Waals surface area contributed by atoms with Crippen molar-refractivity contribution < 1.29 is 0 Å². The molecule has 1 rings (SSSR count). The van der Waals surface area contributed by atoms with E-state index in [9.17, 15) is 0 Å². The third kappa shape index (κ3) is 2.23.